The molecule has 1 N–H and O–H groups in total. The highest BCUT2D eigenvalue weighted by atomic mass is 127. The number of carbonyl (C=O) groups excluding carboxylic acids is 1. The van der Waals surface area contributed by atoms with Crippen LogP contribution >= 0.6 is 22.6 Å². The van der Waals surface area contributed by atoms with Gasteiger partial charge in [0.05, 0.1) is 5.56 Å². The third-order valence-electron chi connectivity index (χ3n) is 3.07. The van der Waals surface area contributed by atoms with E-state index in [0.717, 1.165) is 23.0 Å². The number of piperidine rings is 1. The molecule has 1 fully saturated rings. The van der Waals surface area contributed by atoms with Gasteiger partial charge in [0.1, 0.15) is 0 Å². The SMILES string of the molecule is O=C(c1ccncc1I)N1CCCC(CO)C1. The molecule has 5 heteroatoms. The summed E-state index contributed by atoms with van der Waals surface area (Å²) in [6.07, 6.45) is 5.32. The van der Waals surface area contributed by atoms with Crippen LogP contribution < -0.4 is 0 Å². The van der Waals surface area contributed by atoms with Crippen molar-refractivity contribution in [3.05, 3.63) is 27.6 Å². The summed E-state index contributed by atoms with van der Waals surface area (Å²) in [5.74, 6) is 0.280. The van der Waals surface area contributed by atoms with Crippen molar-refractivity contribution in [1.29, 1.82) is 0 Å². The molecule has 4 nitrogen and oxygen atoms in total. The second kappa shape index (κ2) is 5.77. The molecule has 0 radical (unpaired) electrons. The molecule has 1 saturated heterocycles. The molecule has 2 rings (SSSR count). The van der Waals surface area contributed by atoms with Gasteiger partial charge in [-0.15, -0.1) is 0 Å². The summed E-state index contributed by atoms with van der Waals surface area (Å²) in [4.78, 5) is 18.1. The molecule has 17 heavy (non-hydrogen) atoms. The predicted octanol–water partition coefficient (Wildman–Crippen LogP) is 1.53. The molecular weight excluding hydrogens is 331 g/mol. The number of nitrogens with zero attached hydrogens (tertiary/aromatic N) is 2. The first-order chi connectivity index (χ1) is 8.22. The third kappa shape index (κ3) is 2.95. The van der Waals surface area contributed by atoms with Crippen LogP contribution in [-0.4, -0.2) is 40.6 Å². The molecule has 1 atom stereocenters. The Hall–Kier alpha value is -0.690. The first kappa shape index (κ1) is 12.8. The largest absolute Gasteiger partial charge is 0.396 e. The van der Waals surface area contributed by atoms with E-state index in [1.165, 1.54) is 0 Å². The second-order valence-electron chi connectivity index (χ2n) is 4.30. The van der Waals surface area contributed by atoms with E-state index in [4.69, 9.17) is 5.11 Å². The third-order valence-corrected chi connectivity index (χ3v) is 3.93. The van der Waals surface area contributed by atoms with E-state index < -0.39 is 0 Å². The maximum Gasteiger partial charge on any atom is 0.255 e. The van der Waals surface area contributed by atoms with Gasteiger partial charge in [0, 0.05) is 35.7 Å². The van der Waals surface area contributed by atoms with Gasteiger partial charge in [-0.25, -0.2) is 0 Å². The maximum atomic E-state index is 12.3. The molecule has 1 aromatic rings. The number of hydrogen-bond donors (Lipinski definition) is 1. The average molecular weight is 346 g/mol. The number of likely N-dealkylation sites (tertiary alicyclic amines) is 1. The topological polar surface area (TPSA) is 53.4 Å². The van der Waals surface area contributed by atoms with E-state index in [9.17, 15) is 4.79 Å². The molecule has 1 unspecified atom stereocenters. The molecule has 0 aromatic carbocycles. The lowest BCUT2D eigenvalue weighted by molar-refractivity contribution is 0.0619. The molecule has 0 aliphatic carbocycles. The summed E-state index contributed by atoms with van der Waals surface area (Å²) in [6.45, 7) is 1.61. The molecule has 1 aliphatic rings. The Morgan fingerprint density at radius 3 is 3.18 bits per heavy atom. The van der Waals surface area contributed by atoms with Crippen LogP contribution in [0.4, 0.5) is 0 Å². The van der Waals surface area contributed by atoms with Crippen molar-refractivity contribution in [1.82, 2.24) is 9.88 Å². The quantitative estimate of drug-likeness (QED) is 0.827. The molecule has 0 spiro atoms. The van der Waals surface area contributed by atoms with Crippen LogP contribution in [-0.2, 0) is 0 Å². The van der Waals surface area contributed by atoms with Gasteiger partial charge in [0.2, 0.25) is 0 Å². The number of carbonyl (C=O) groups is 1. The standard InChI is InChI=1S/C12H15IN2O2/c13-11-6-14-4-3-10(11)12(17)15-5-1-2-9(7-15)8-16/h3-4,6,9,16H,1-2,5,7-8H2. The molecule has 0 bridgehead atoms. The molecule has 2 heterocycles. The number of amides is 1. The van der Waals surface area contributed by atoms with Gasteiger partial charge in [-0.2, -0.15) is 0 Å². The summed E-state index contributed by atoms with van der Waals surface area (Å²) in [7, 11) is 0. The molecule has 1 aromatic heterocycles. The van der Waals surface area contributed by atoms with Crippen LogP contribution in [0, 0.1) is 9.49 Å². The zero-order valence-corrected chi connectivity index (χ0v) is 11.6. The van der Waals surface area contributed by atoms with Crippen LogP contribution in [0.2, 0.25) is 0 Å². The summed E-state index contributed by atoms with van der Waals surface area (Å²) in [5.41, 5.74) is 0.708. The number of aliphatic hydroxyl groups is 1. The fraction of sp³-hybridized carbons (Fsp3) is 0.500. The van der Waals surface area contributed by atoms with Crippen molar-refractivity contribution in [2.75, 3.05) is 19.7 Å². The summed E-state index contributed by atoms with van der Waals surface area (Å²) < 4.78 is 0.876. The van der Waals surface area contributed by atoms with Crippen molar-refractivity contribution < 1.29 is 9.90 Å². The van der Waals surface area contributed by atoms with E-state index in [0.29, 0.717) is 12.1 Å². The highest BCUT2D eigenvalue weighted by Crippen LogP contribution is 2.19. The van der Waals surface area contributed by atoms with E-state index >= 15 is 0 Å². The van der Waals surface area contributed by atoms with E-state index in [1.807, 2.05) is 4.90 Å². The normalized spacial score (nSPS) is 20.4. The monoisotopic (exact) mass is 346 g/mol. The van der Waals surface area contributed by atoms with Crippen molar-refractivity contribution in [3.63, 3.8) is 0 Å². The Balaban J connectivity index is 2.12. The van der Waals surface area contributed by atoms with Crippen LogP contribution in [0.1, 0.15) is 23.2 Å². The van der Waals surface area contributed by atoms with Gasteiger partial charge in [0.15, 0.2) is 0 Å². The Labute approximate surface area is 114 Å². The minimum Gasteiger partial charge on any atom is -0.396 e. The summed E-state index contributed by atoms with van der Waals surface area (Å²) >= 11 is 2.13. The van der Waals surface area contributed by atoms with Gasteiger partial charge in [-0.05, 0) is 47.4 Å². The summed E-state index contributed by atoms with van der Waals surface area (Å²) in [6, 6.07) is 1.76. The number of halogens is 1. The van der Waals surface area contributed by atoms with Gasteiger partial charge >= 0.3 is 0 Å². The Bertz CT molecular complexity index is 411. The van der Waals surface area contributed by atoms with Crippen LogP contribution in [0.25, 0.3) is 0 Å². The lowest BCUT2D eigenvalue weighted by Crippen LogP contribution is -2.41. The van der Waals surface area contributed by atoms with Crippen LogP contribution in [0.5, 0.6) is 0 Å². The molecule has 1 amide bonds. The van der Waals surface area contributed by atoms with Gasteiger partial charge in [0.25, 0.3) is 5.91 Å². The number of pyridine rings is 1. The molecular formula is C12H15IN2O2. The fourth-order valence-corrected chi connectivity index (χ4v) is 2.69. The van der Waals surface area contributed by atoms with Crippen molar-refractivity contribution in [2.24, 2.45) is 5.92 Å². The number of aromatic nitrogens is 1. The number of aliphatic hydroxyl groups excluding tert-OH is 1. The fourth-order valence-electron chi connectivity index (χ4n) is 2.12. The second-order valence-corrected chi connectivity index (χ2v) is 5.46. The maximum absolute atomic E-state index is 12.3. The lowest BCUT2D eigenvalue weighted by atomic mass is 9.98. The first-order valence-electron chi connectivity index (χ1n) is 5.72. The van der Waals surface area contributed by atoms with E-state index in [2.05, 4.69) is 27.6 Å². The number of hydrogen-bond acceptors (Lipinski definition) is 3. The lowest BCUT2D eigenvalue weighted by Gasteiger charge is -2.32. The van der Waals surface area contributed by atoms with Crippen LogP contribution in [0.15, 0.2) is 18.5 Å². The van der Waals surface area contributed by atoms with Gasteiger partial charge < -0.3 is 10.0 Å². The predicted molar refractivity (Wildman–Crippen MR) is 72.7 cm³/mol. The Kier molecular flexibility index (Phi) is 4.33. The average Bonchev–Trinajstić information content (AvgIpc) is 2.38. The molecule has 1 aliphatic heterocycles. The van der Waals surface area contributed by atoms with Crippen molar-refractivity contribution in [2.45, 2.75) is 12.8 Å². The zero-order chi connectivity index (χ0) is 12.3. The van der Waals surface area contributed by atoms with E-state index in [-0.39, 0.29) is 18.4 Å². The van der Waals surface area contributed by atoms with Crippen LogP contribution in [0.3, 0.4) is 0 Å². The summed E-state index contributed by atoms with van der Waals surface area (Å²) in [5, 5.41) is 9.17. The molecule has 92 valence electrons. The minimum atomic E-state index is 0.0509. The number of rotatable bonds is 2. The first-order valence-corrected chi connectivity index (χ1v) is 6.80. The smallest absolute Gasteiger partial charge is 0.255 e. The highest BCUT2D eigenvalue weighted by molar-refractivity contribution is 14.1. The van der Waals surface area contributed by atoms with Gasteiger partial charge in [-0.1, -0.05) is 0 Å². The van der Waals surface area contributed by atoms with Gasteiger partial charge in [-0.3, -0.25) is 9.78 Å². The Morgan fingerprint density at radius 2 is 2.47 bits per heavy atom. The zero-order valence-electron chi connectivity index (χ0n) is 9.47. The van der Waals surface area contributed by atoms with E-state index in [1.54, 1.807) is 18.5 Å². The van der Waals surface area contributed by atoms with Crippen molar-refractivity contribution in [3.8, 4) is 0 Å². The molecule has 0 saturated carbocycles. The minimum absolute atomic E-state index is 0.0509. The van der Waals surface area contributed by atoms with Crippen molar-refractivity contribution >= 4 is 28.5 Å². The highest BCUT2D eigenvalue weighted by Gasteiger charge is 2.24. The Morgan fingerprint density at radius 1 is 1.65 bits per heavy atom.